The van der Waals surface area contributed by atoms with E-state index in [4.69, 9.17) is 0 Å². The van der Waals surface area contributed by atoms with E-state index in [9.17, 15) is 23.3 Å². The SMILES string of the molecule is O=C(c1ccc2c(c1)CCCC2)N1CCN(S(=O)(=O)c2ccccc2[N+](=O)[O-])CC1. The van der Waals surface area contributed by atoms with E-state index in [1.807, 2.05) is 18.2 Å². The Morgan fingerprint density at radius 1 is 0.933 bits per heavy atom. The van der Waals surface area contributed by atoms with Gasteiger partial charge in [0.15, 0.2) is 4.90 Å². The summed E-state index contributed by atoms with van der Waals surface area (Å²) >= 11 is 0. The van der Waals surface area contributed by atoms with Gasteiger partial charge in [0.25, 0.3) is 11.6 Å². The van der Waals surface area contributed by atoms with Gasteiger partial charge in [0.2, 0.25) is 10.0 Å². The number of carbonyl (C=O) groups is 1. The summed E-state index contributed by atoms with van der Waals surface area (Å²) in [4.78, 5) is 24.8. The minimum atomic E-state index is -4.01. The molecule has 9 heteroatoms. The maximum Gasteiger partial charge on any atom is 0.289 e. The van der Waals surface area contributed by atoms with Gasteiger partial charge in [0.05, 0.1) is 4.92 Å². The number of hydrogen-bond donors (Lipinski definition) is 0. The van der Waals surface area contributed by atoms with Crippen LogP contribution in [0.2, 0.25) is 0 Å². The minimum absolute atomic E-state index is 0.102. The predicted octanol–water partition coefficient (Wildman–Crippen LogP) is 2.62. The molecule has 1 aliphatic carbocycles. The van der Waals surface area contributed by atoms with Crippen LogP contribution in [0.1, 0.15) is 34.3 Å². The number of nitro benzene ring substituents is 1. The lowest BCUT2D eigenvalue weighted by molar-refractivity contribution is -0.387. The zero-order chi connectivity index (χ0) is 21.3. The first-order chi connectivity index (χ1) is 14.4. The standard InChI is InChI=1S/C21H23N3O5S/c25-21(18-10-9-16-5-1-2-6-17(16)15-18)22-11-13-23(14-12-22)30(28,29)20-8-4-3-7-19(20)24(26)27/h3-4,7-10,15H,1-2,5-6,11-14H2. The molecule has 0 spiro atoms. The Morgan fingerprint density at radius 2 is 1.60 bits per heavy atom. The minimum Gasteiger partial charge on any atom is -0.336 e. The Bertz CT molecular complexity index is 1090. The average Bonchev–Trinajstić information content (AvgIpc) is 2.78. The van der Waals surface area contributed by atoms with Gasteiger partial charge in [0.1, 0.15) is 0 Å². The van der Waals surface area contributed by atoms with Crippen molar-refractivity contribution in [2.24, 2.45) is 0 Å². The van der Waals surface area contributed by atoms with Crippen LogP contribution in [-0.2, 0) is 22.9 Å². The molecule has 1 fully saturated rings. The third-order valence-corrected chi connectivity index (χ3v) is 7.75. The Morgan fingerprint density at radius 3 is 2.30 bits per heavy atom. The first-order valence-electron chi connectivity index (χ1n) is 10.0. The number of fused-ring (bicyclic) bond motifs is 1. The van der Waals surface area contributed by atoms with E-state index in [1.165, 1.54) is 46.1 Å². The summed E-state index contributed by atoms with van der Waals surface area (Å²) in [6.45, 7) is 0.696. The summed E-state index contributed by atoms with van der Waals surface area (Å²) in [5.41, 5.74) is 2.72. The molecule has 1 heterocycles. The van der Waals surface area contributed by atoms with Crippen molar-refractivity contribution in [1.82, 2.24) is 9.21 Å². The Hall–Kier alpha value is -2.78. The maximum atomic E-state index is 12.9. The van der Waals surface area contributed by atoms with Gasteiger partial charge in [-0.2, -0.15) is 4.31 Å². The van der Waals surface area contributed by atoms with E-state index >= 15 is 0 Å². The molecular formula is C21H23N3O5S. The first kappa shape index (κ1) is 20.5. The van der Waals surface area contributed by atoms with Crippen molar-refractivity contribution in [2.75, 3.05) is 26.2 Å². The van der Waals surface area contributed by atoms with Crippen molar-refractivity contribution < 1.29 is 18.1 Å². The average molecular weight is 429 g/mol. The summed E-state index contributed by atoms with van der Waals surface area (Å²) in [6, 6.07) is 11.2. The smallest absolute Gasteiger partial charge is 0.289 e. The zero-order valence-corrected chi connectivity index (χ0v) is 17.3. The second-order valence-corrected chi connectivity index (χ2v) is 9.52. The highest BCUT2D eigenvalue weighted by Crippen LogP contribution is 2.27. The maximum absolute atomic E-state index is 12.9. The normalized spacial score (nSPS) is 17.4. The molecule has 30 heavy (non-hydrogen) atoms. The Kier molecular flexibility index (Phi) is 5.57. The van der Waals surface area contributed by atoms with Crippen LogP contribution in [-0.4, -0.2) is 54.6 Å². The highest BCUT2D eigenvalue weighted by atomic mass is 32.2. The second kappa shape index (κ2) is 8.16. The van der Waals surface area contributed by atoms with Gasteiger partial charge in [-0.05, 0) is 55.0 Å². The monoisotopic (exact) mass is 429 g/mol. The molecule has 0 radical (unpaired) electrons. The quantitative estimate of drug-likeness (QED) is 0.549. The summed E-state index contributed by atoms with van der Waals surface area (Å²) in [6.07, 6.45) is 4.34. The third-order valence-electron chi connectivity index (χ3n) is 5.80. The molecule has 0 bridgehead atoms. The molecule has 1 aliphatic heterocycles. The number of piperazine rings is 1. The van der Waals surface area contributed by atoms with Crippen LogP contribution >= 0.6 is 0 Å². The number of amides is 1. The van der Waals surface area contributed by atoms with E-state index in [1.54, 1.807) is 4.90 Å². The molecule has 2 aliphatic rings. The predicted molar refractivity (Wildman–Crippen MR) is 111 cm³/mol. The number of benzene rings is 2. The molecular weight excluding hydrogens is 406 g/mol. The van der Waals surface area contributed by atoms with Gasteiger partial charge < -0.3 is 4.90 Å². The van der Waals surface area contributed by atoms with E-state index in [-0.39, 0.29) is 37.0 Å². The zero-order valence-electron chi connectivity index (χ0n) is 16.5. The molecule has 8 nitrogen and oxygen atoms in total. The lowest BCUT2D eigenvalue weighted by Crippen LogP contribution is -2.50. The van der Waals surface area contributed by atoms with Crippen LogP contribution < -0.4 is 0 Å². The molecule has 2 aromatic carbocycles. The number of carbonyl (C=O) groups excluding carboxylic acids is 1. The van der Waals surface area contributed by atoms with Gasteiger partial charge in [-0.1, -0.05) is 18.2 Å². The summed E-state index contributed by atoms with van der Waals surface area (Å²) in [5.74, 6) is -0.105. The molecule has 158 valence electrons. The summed E-state index contributed by atoms with van der Waals surface area (Å²) in [5, 5.41) is 11.2. The van der Waals surface area contributed by atoms with E-state index in [0.717, 1.165) is 19.3 Å². The van der Waals surface area contributed by atoms with Gasteiger partial charge in [0, 0.05) is 37.8 Å². The topological polar surface area (TPSA) is 101 Å². The van der Waals surface area contributed by atoms with Crippen molar-refractivity contribution in [3.05, 3.63) is 69.3 Å². The van der Waals surface area contributed by atoms with Crippen LogP contribution in [0.3, 0.4) is 0 Å². The molecule has 0 aromatic heterocycles. The van der Waals surface area contributed by atoms with Crippen molar-refractivity contribution >= 4 is 21.6 Å². The van der Waals surface area contributed by atoms with E-state index in [2.05, 4.69) is 0 Å². The Balaban J connectivity index is 1.47. The summed E-state index contributed by atoms with van der Waals surface area (Å²) < 4.78 is 27.1. The fourth-order valence-corrected chi connectivity index (χ4v) is 5.73. The van der Waals surface area contributed by atoms with E-state index in [0.29, 0.717) is 5.56 Å². The third kappa shape index (κ3) is 3.82. The molecule has 2 aromatic rings. The Labute approximate surface area is 175 Å². The van der Waals surface area contributed by atoms with Crippen LogP contribution in [0.5, 0.6) is 0 Å². The highest BCUT2D eigenvalue weighted by molar-refractivity contribution is 7.89. The molecule has 1 amide bonds. The molecule has 4 rings (SSSR count). The lowest BCUT2D eigenvalue weighted by Gasteiger charge is -2.34. The molecule has 1 saturated heterocycles. The van der Waals surface area contributed by atoms with E-state index < -0.39 is 20.6 Å². The van der Waals surface area contributed by atoms with Crippen LogP contribution in [0.4, 0.5) is 5.69 Å². The number of nitro groups is 1. The fraction of sp³-hybridized carbons (Fsp3) is 0.381. The van der Waals surface area contributed by atoms with Crippen LogP contribution in [0, 0.1) is 10.1 Å². The first-order valence-corrected chi connectivity index (χ1v) is 11.5. The van der Waals surface area contributed by atoms with Crippen molar-refractivity contribution in [3.8, 4) is 0 Å². The molecule has 0 N–H and O–H groups in total. The molecule has 0 atom stereocenters. The van der Waals surface area contributed by atoms with Crippen molar-refractivity contribution in [2.45, 2.75) is 30.6 Å². The number of nitrogens with zero attached hydrogens (tertiary/aromatic N) is 3. The number of sulfonamides is 1. The van der Waals surface area contributed by atoms with Gasteiger partial charge >= 0.3 is 0 Å². The lowest BCUT2D eigenvalue weighted by atomic mass is 9.90. The summed E-state index contributed by atoms with van der Waals surface area (Å²) in [7, 11) is -4.01. The number of hydrogen-bond acceptors (Lipinski definition) is 5. The van der Waals surface area contributed by atoms with Gasteiger partial charge in [-0.15, -0.1) is 0 Å². The fourth-order valence-electron chi connectivity index (χ4n) is 4.15. The highest BCUT2D eigenvalue weighted by Gasteiger charge is 2.34. The second-order valence-electron chi connectivity index (χ2n) is 7.61. The van der Waals surface area contributed by atoms with Gasteiger partial charge in [-0.25, -0.2) is 8.42 Å². The van der Waals surface area contributed by atoms with Crippen LogP contribution in [0.15, 0.2) is 47.4 Å². The number of rotatable bonds is 4. The molecule has 0 saturated carbocycles. The van der Waals surface area contributed by atoms with Gasteiger partial charge in [-0.3, -0.25) is 14.9 Å². The number of para-hydroxylation sites is 1. The van der Waals surface area contributed by atoms with Crippen molar-refractivity contribution in [1.29, 1.82) is 0 Å². The number of aryl methyl sites for hydroxylation is 2. The van der Waals surface area contributed by atoms with Crippen molar-refractivity contribution in [3.63, 3.8) is 0 Å². The largest absolute Gasteiger partial charge is 0.336 e. The van der Waals surface area contributed by atoms with Crippen LogP contribution in [0.25, 0.3) is 0 Å². The molecule has 0 unspecified atom stereocenters.